The number of aliphatic hydroxyl groups is 1. The van der Waals surface area contributed by atoms with Crippen LogP contribution in [-0.4, -0.2) is 74.4 Å². The Bertz CT molecular complexity index is 1390. The monoisotopic (exact) mass is 514 g/mol. The quantitative estimate of drug-likeness (QED) is 0.428. The van der Waals surface area contributed by atoms with Crippen molar-refractivity contribution < 1.29 is 23.0 Å². The summed E-state index contributed by atoms with van der Waals surface area (Å²) in [6.45, 7) is 2.87. The number of nitrogens with zero attached hydrogens (tertiary/aromatic N) is 7. The van der Waals surface area contributed by atoms with Gasteiger partial charge in [0, 0.05) is 43.8 Å². The maximum atomic E-state index is 13.6. The molecule has 0 atom stereocenters. The average Bonchev–Trinajstić information content (AvgIpc) is 3.59. The first-order valence-corrected chi connectivity index (χ1v) is 12.0. The molecule has 0 bridgehead atoms. The predicted octanol–water partition coefficient (Wildman–Crippen LogP) is 2.88. The van der Waals surface area contributed by atoms with Gasteiger partial charge in [-0.2, -0.15) is 28.1 Å². The normalized spacial score (nSPS) is 18.5. The third kappa shape index (κ3) is 4.27. The van der Waals surface area contributed by atoms with Gasteiger partial charge < -0.3 is 19.6 Å². The number of rotatable bonds is 4. The van der Waals surface area contributed by atoms with E-state index in [-0.39, 0.29) is 31.7 Å². The standard InChI is InChI=1S/C24H25F3N8O2/c25-24(26,27)17-2-1-6-28-22(17)34-8-4-23(36,5-9-34)18-14-20(33-10-12-37-13-11-33)31-21-16(18)15-30-35(21)19-3-7-29-32-19/h1-3,6-7,14-15,36H,4-5,8-13H2,(H,29,32). The van der Waals surface area contributed by atoms with E-state index in [0.29, 0.717) is 54.5 Å². The number of aromatic nitrogens is 6. The highest BCUT2D eigenvalue weighted by molar-refractivity contribution is 5.83. The van der Waals surface area contributed by atoms with Crippen molar-refractivity contribution in [3.8, 4) is 5.82 Å². The number of hydrogen-bond acceptors (Lipinski definition) is 8. The molecule has 2 fully saturated rings. The zero-order chi connectivity index (χ0) is 25.6. The first-order valence-electron chi connectivity index (χ1n) is 12.0. The second kappa shape index (κ2) is 8.99. The molecule has 0 radical (unpaired) electrons. The molecule has 6 heterocycles. The van der Waals surface area contributed by atoms with E-state index in [2.05, 4.69) is 25.2 Å². The number of hydrogen-bond donors (Lipinski definition) is 2. The van der Waals surface area contributed by atoms with Crippen LogP contribution in [0.15, 0.2) is 42.9 Å². The van der Waals surface area contributed by atoms with E-state index >= 15 is 0 Å². The van der Waals surface area contributed by atoms with E-state index in [1.54, 1.807) is 28.0 Å². The van der Waals surface area contributed by atoms with Crippen molar-refractivity contribution >= 4 is 22.7 Å². The van der Waals surface area contributed by atoms with Gasteiger partial charge in [-0.05, 0) is 36.6 Å². The van der Waals surface area contributed by atoms with Gasteiger partial charge in [0.05, 0.1) is 36.8 Å². The summed E-state index contributed by atoms with van der Waals surface area (Å²) in [7, 11) is 0. The number of piperidine rings is 1. The minimum atomic E-state index is -4.51. The lowest BCUT2D eigenvalue weighted by Crippen LogP contribution is -2.44. The number of H-pyrrole nitrogens is 1. The van der Waals surface area contributed by atoms with Gasteiger partial charge in [0.15, 0.2) is 11.5 Å². The lowest BCUT2D eigenvalue weighted by Gasteiger charge is -2.40. The molecular formula is C24H25F3N8O2. The Balaban J connectivity index is 1.38. The smallest absolute Gasteiger partial charge is 0.385 e. The molecule has 4 aromatic heterocycles. The molecule has 2 aliphatic heterocycles. The van der Waals surface area contributed by atoms with Crippen molar-refractivity contribution in [1.29, 1.82) is 0 Å². The predicted molar refractivity (Wildman–Crippen MR) is 129 cm³/mol. The maximum Gasteiger partial charge on any atom is 0.419 e. The van der Waals surface area contributed by atoms with Crippen LogP contribution in [0.5, 0.6) is 0 Å². The van der Waals surface area contributed by atoms with E-state index < -0.39 is 17.3 Å². The molecule has 0 aromatic carbocycles. The summed E-state index contributed by atoms with van der Waals surface area (Å²) in [5, 5.41) is 24.0. The largest absolute Gasteiger partial charge is 0.419 e. The Morgan fingerprint density at radius 3 is 2.51 bits per heavy atom. The van der Waals surface area contributed by atoms with Gasteiger partial charge in [0.1, 0.15) is 11.6 Å². The first kappa shape index (κ1) is 23.7. The summed E-state index contributed by atoms with van der Waals surface area (Å²) in [4.78, 5) is 12.6. The van der Waals surface area contributed by atoms with Crippen LogP contribution in [0.1, 0.15) is 24.0 Å². The van der Waals surface area contributed by atoms with E-state index in [1.165, 1.54) is 12.3 Å². The van der Waals surface area contributed by atoms with Crippen molar-refractivity contribution in [3.05, 3.63) is 54.0 Å². The fourth-order valence-electron chi connectivity index (χ4n) is 5.10. The molecule has 2 aliphatic rings. The summed E-state index contributed by atoms with van der Waals surface area (Å²) in [6, 6.07) is 5.97. The zero-order valence-electron chi connectivity index (χ0n) is 19.8. The highest BCUT2D eigenvalue weighted by atomic mass is 19.4. The van der Waals surface area contributed by atoms with Crippen LogP contribution in [0, 0.1) is 0 Å². The Kier molecular flexibility index (Phi) is 5.75. The van der Waals surface area contributed by atoms with Crippen molar-refractivity contribution in [2.24, 2.45) is 0 Å². The van der Waals surface area contributed by atoms with Gasteiger partial charge in [-0.1, -0.05) is 0 Å². The highest BCUT2D eigenvalue weighted by Crippen LogP contribution is 2.41. The van der Waals surface area contributed by atoms with Crippen molar-refractivity contribution in [2.75, 3.05) is 49.2 Å². The molecule has 194 valence electrons. The van der Waals surface area contributed by atoms with Crippen LogP contribution in [0.4, 0.5) is 24.8 Å². The van der Waals surface area contributed by atoms with Crippen molar-refractivity contribution in [2.45, 2.75) is 24.6 Å². The SMILES string of the molecule is OC1(c2cc(N3CCOCC3)nc3c2cnn3-c2ccn[nH]2)CCN(c2ncccc2C(F)(F)F)CC1. The minimum Gasteiger partial charge on any atom is -0.385 e. The number of anilines is 2. The first-order chi connectivity index (χ1) is 17.8. The molecule has 4 aromatic rings. The van der Waals surface area contributed by atoms with Crippen molar-refractivity contribution in [1.82, 2.24) is 29.9 Å². The summed E-state index contributed by atoms with van der Waals surface area (Å²) < 4.78 is 47.9. The lowest BCUT2D eigenvalue weighted by molar-refractivity contribution is -0.137. The van der Waals surface area contributed by atoms with Crippen LogP contribution in [0.3, 0.4) is 0 Å². The van der Waals surface area contributed by atoms with E-state index in [0.717, 1.165) is 6.07 Å². The van der Waals surface area contributed by atoms with Crippen molar-refractivity contribution in [3.63, 3.8) is 0 Å². The molecule has 13 heteroatoms. The van der Waals surface area contributed by atoms with E-state index in [9.17, 15) is 18.3 Å². The van der Waals surface area contributed by atoms with Gasteiger partial charge in [-0.15, -0.1) is 0 Å². The van der Waals surface area contributed by atoms with Crippen LogP contribution >= 0.6 is 0 Å². The molecule has 37 heavy (non-hydrogen) atoms. The van der Waals surface area contributed by atoms with Gasteiger partial charge in [0.25, 0.3) is 0 Å². The fourth-order valence-corrected chi connectivity index (χ4v) is 5.10. The number of alkyl halides is 3. The van der Waals surface area contributed by atoms with Gasteiger partial charge in [-0.3, -0.25) is 5.10 Å². The molecule has 6 rings (SSSR count). The van der Waals surface area contributed by atoms with E-state index in [1.807, 2.05) is 6.07 Å². The molecule has 10 nitrogen and oxygen atoms in total. The third-order valence-electron chi connectivity index (χ3n) is 7.06. The molecular weight excluding hydrogens is 489 g/mol. The van der Waals surface area contributed by atoms with Gasteiger partial charge in [0.2, 0.25) is 0 Å². The molecule has 0 spiro atoms. The molecule has 2 N–H and O–H groups in total. The van der Waals surface area contributed by atoms with Crippen LogP contribution < -0.4 is 9.80 Å². The van der Waals surface area contributed by atoms with Crippen LogP contribution in [0.25, 0.3) is 16.9 Å². The number of nitrogens with one attached hydrogen (secondary N) is 1. The second-order valence-corrected chi connectivity index (χ2v) is 9.25. The summed E-state index contributed by atoms with van der Waals surface area (Å²) in [5.41, 5.74) is -0.847. The number of morpholine rings is 1. The maximum absolute atomic E-state index is 13.6. The lowest BCUT2D eigenvalue weighted by atomic mass is 9.83. The summed E-state index contributed by atoms with van der Waals surface area (Å²) in [5.74, 6) is 1.20. The topological polar surface area (TPSA) is 108 Å². The number of aromatic amines is 1. The molecule has 0 aliphatic carbocycles. The third-order valence-corrected chi connectivity index (χ3v) is 7.06. The number of ether oxygens (including phenoxy) is 1. The van der Waals surface area contributed by atoms with E-state index in [4.69, 9.17) is 9.72 Å². The number of pyridine rings is 2. The fraction of sp³-hybridized carbons (Fsp3) is 0.417. The summed E-state index contributed by atoms with van der Waals surface area (Å²) in [6.07, 6.45) is 0.562. The Morgan fingerprint density at radius 1 is 1.03 bits per heavy atom. The molecule has 0 amide bonds. The number of halogens is 3. The molecule has 0 unspecified atom stereocenters. The Morgan fingerprint density at radius 2 is 1.81 bits per heavy atom. The van der Waals surface area contributed by atoms with Gasteiger partial charge in [-0.25, -0.2) is 9.97 Å². The second-order valence-electron chi connectivity index (χ2n) is 9.25. The zero-order valence-corrected chi connectivity index (χ0v) is 19.8. The Hall–Kier alpha value is -3.71. The van der Waals surface area contributed by atoms with Crippen LogP contribution in [-0.2, 0) is 16.5 Å². The Labute approximate surface area is 209 Å². The highest BCUT2D eigenvalue weighted by Gasteiger charge is 2.40. The average molecular weight is 515 g/mol. The minimum absolute atomic E-state index is 0.113. The van der Waals surface area contributed by atoms with Gasteiger partial charge >= 0.3 is 6.18 Å². The molecule has 2 saturated heterocycles. The van der Waals surface area contributed by atoms with Crippen LogP contribution in [0.2, 0.25) is 0 Å². The summed E-state index contributed by atoms with van der Waals surface area (Å²) >= 11 is 0. The molecule has 0 saturated carbocycles. The number of fused-ring (bicyclic) bond motifs is 1.